The van der Waals surface area contributed by atoms with Crippen molar-refractivity contribution in [3.8, 4) is 0 Å². The number of imidazole rings is 1. The summed E-state index contributed by atoms with van der Waals surface area (Å²) in [6, 6.07) is 0.301. The van der Waals surface area contributed by atoms with Gasteiger partial charge in [0.2, 0.25) is 0 Å². The second kappa shape index (κ2) is 6.78. The zero-order chi connectivity index (χ0) is 17.4. The lowest BCUT2D eigenvalue weighted by molar-refractivity contribution is 0.0625. The molecule has 1 aliphatic carbocycles. The number of nitrogens with one attached hydrogen (secondary N) is 1. The largest absolute Gasteiger partial charge is 0.348 e. The molecule has 7 nitrogen and oxygen atoms in total. The molecule has 0 radical (unpaired) electrons. The van der Waals surface area contributed by atoms with Crippen LogP contribution in [0.1, 0.15) is 59.4 Å². The Morgan fingerprint density at radius 1 is 1.12 bits per heavy atom. The molecule has 7 heteroatoms. The SMILES string of the molecule is CCN1CCN(C(=O)c2nc(C(=O)NC3CC3)c3n2CCCC3)CC1. The van der Waals surface area contributed by atoms with Gasteiger partial charge in [-0.2, -0.15) is 0 Å². The Kier molecular flexibility index (Phi) is 4.50. The van der Waals surface area contributed by atoms with E-state index in [4.69, 9.17) is 0 Å². The third-order valence-corrected chi connectivity index (χ3v) is 5.54. The summed E-state index contributed by atoms with van der Waals surface area (Å²) < 4.78 is 2.00. The topological polar surface area (TPSA) is 70.5 Å². The zero-order valence-corrected chi connectivity index (χ0v) is 15.0. The third-order valence-electron chi connectivity index (χ3n) is 5.54. The fourth-order valence-electron chi connectivity index (χ4n) is 3.78. The maximum Gasteiger partial charge on any atom is 0.289 e. The molecule has 25 heavy (non-hydrogen) atoms. The molecular weight excluding hydrogens is 318 g/mol. The first-order chi connectivity index (χ1) is 12.2. The van der Waals surface area contributed by atoms with Gasteiger partial charge >= 0.3 is 0 Å². The van der Waals surface area contributed by atoms with Gasteiger partial charge in [0.05, 0.1) is 5.69 Å². The lowest BCUT2D eigenvalue weighted by atomic mass is 10.1. The normalized spacial score (nSPS) is 21.1. The van der Waals surface area contributed by atoms with E-state index >= 15 is 0 Å². The molecule has 0 aromatic carbocycles. The highest BCUT2D eigenvalue weighted by Crippen LogP contribution is 2.24. The van der Waals surface area contributed by atoms with Crippen molar-refractivity contribution in [3.05, 3.63) is 17.2 Å². The average Bonchev–Trinajstić information content (AvgIpc) is 3.38. The molecule has 4 rings (SSSR count). The van der Waals surface area contributed by atoms with Crippen molar-refractivity contribution in [1.29, 1.82) is 0 Å². The van der Waals surface area contributed by atoms with Gasteiger partial charge in [-0.3, -0.25) is 9.59 Å². The molecular formula is C18H27N5O2. The summed E-state index contributed by atoms with van der Waals surface area (Å²) in [5.41, 5.74) is 1.42. The van der Waals surface area contributed by atoms with Gasteiger partial charge in [-0.15, -0.1) is 0 Å². The summed E-state index contributed by atoms with van der Waals surface area (Å²) in [6.45, 7) is 7.24. The Bertz CT molecular complexity index is 671. The van der Waals surface area contributed by atoms with Crippen LogP contribution in [-0.4, -0.2) is 69.9 Å². The predicted octanol–water partition coefficient (Wildman–Crippen LogP) is 0.889. The quantitative estimate of drug-likeness (QED) is 0.880. The van der Waals surface area contributed by atoms with E-state index in [2.05, 4.69) is 22.1 Å². The molecule has 0 atom stereocenters. The van der Waals surface area contributed by atoms with E-state index in [9.17, 15) is 9.59 Å². The number of amides is 2. The number of hydrogen-bond acceptors (Lipinski definition) is 4. The summed E-state index contributed by atoms with van der Waals surface area (Å²) in [4.78, 5) is 34.3. The lowest BCUT2D eigenvalue weighted by Crippen LogP contribution is -2.49. The lowest BCUT2D eigenvalue weighted by Gasteiger charge is -2.34. The first-order valence-corrected chi connectivity index (χ1v) is 9.59. The Labute approximate surface area is 148 Å². The minimum Gasteiger partial charge on any atom is -0.348 e. The summed E-state index contributed by atoms with van der Waals surface area (Å²) in [5.74, 6) is 0.327. The Morgan fingerprint density at radius 3 is 2.56 bits per heavy atom. The van der Waals surface area contributed by atoms with Crippen LogP contribution in [0, 0.1) is 0 Å². The molecule has 136 valence electrons. The number of likely N-dealkylation sites (N-methyl/N-ethyl adjacent to an activating group) is 1. The smallest absolute Gasteiger partial charge is 0.289 e. The monoisotopic (exact) mass is 345 g/mol. The number of aromatic nitrogens is 2. The Morgan fingerprint density at radius 2 is 1.88 bits per heavy atom. The van der Waals surface area contributed by atoms with E-state index in [1.54, 1.807) is 0 Å². The number of nitrogens with zero attached hydrogens (tertiary/aromatic N) is 4. The fourth-order valence-corrected chi connectivity index (χ4v) is 3.78. The molecule has 1 N–H and O–H groups in total. The average molecular weight is 345 g/mol. The fraction of sp³-hybridized carbons (Fsp3) is 0.722. The summed E-state index contributed by atoms with van der Waals surface area (Å²) in [7, 11) is 0. The van der Waals surface area contributed by atoms with Crippen LogP contribution in [-0.2, 0) is 13.0 Å². The van der Waals surface area contributed by atoms with E-state index in [1.165, 1.54) is 0 Å². The molecule has 3 heterocycles. The third kappa shape index (κ3) is 3.29. The van der Waals surface area contributed by atoms with Crippen LogP contribution in [0.4, 0.5) is 0 Å². The molecule has 0 unspecified atom stereocenters. The van der Waals surface area contributed by atoms with Gasteiger partial charge in [0.15, 0.2) is 5.82 Å². The molecule has 3 aliphatic rings. The van der Waals surface area contributed by atoms with Gasteiger partial charge in [-0.25, -0.2) is 4.98 Å². The van der Waals surface area contributed by atoms with Gasteiger partial charge in [-0.05, 0) is 38.6 Å². The van der Waals surface area contributed by atoms with Gasteiger partial charge in [0.25, 0.3) is 11.8 Å². The van der Waals surface area contributed by atoms with Crippen molar-refractivity contribution in [3.63, 3.8) is 0 Å². The Hall–Kier alpha value is -1.89. The Balaban J connectivity index is 1.57. The molecule has 2 fully saturated rings. The minimum absolute atomic E-state index is 0.0237. The number of rotatable bonds is 4. The van der Waals surface area contributed by atoms with Crippen LogP contribution in [0.5, 0.6) is 0 Å². The van der Waals surface area contributed by atoms with Crippen LogP contribution in [0.25, 0.3) is 0 Å². The van der Waals surface area contributed by atoms with Crippen molar-refractivity contribution in [2.75, 3.05) is 32.7 Å². The highest BCUT2D eigenvalue weighted by Gasteiger charge is 2.32. The molecule has 1 saturated heterocycles. The van der Waals surface area contributed by atoms with Crippen LogP contribution in [0.15, 0.2) is 0 Å². The molecule has 1 aromatic rings. The maximum absolute atomic E-state index is 13.0. The number of carbonyl (C=O) groups is 2. The second-order valence-corrected chi connectivity index (χ2v) is 7.31. The van der Waals surface area contributed by atoms with Crippen LogP contribution < -0.4 is 5.32 Å². The van der Waals surface area contributed by atoms with Crippen LogP contribution >= 0.6 is 0 Å². The number of hydrogen-bond donors (Lipinski definition) is 1. The van der Waals surface area contributed by atoms with Gasteiger partial charge in [-0.1, -0.05) is 6.92 Å². The van der Waals surface area contributed by atoms with Crippen molar-refractivity contribution in [1.82, 2.24) is 24.7 Å². The van der Waals surface area contributed by atoms with E-state index in [0.29, 0.717) is 17.6 Å². The molecule has 2 aliphatic heterocycles. The van der Waals surface area contributed by atoms with E-state index in [1.807, 2.05) is 9.47 Å². The minimum atomic E-state index is -0.108. The second-order valence-electron chi connectivity index (χ2n) is 7.31. The number of fused-ring (bicyclic) bond motifs is 1. The molecule has 1 saturated carbocycles. The molecule has 0 bridgehead atoms. The summed E-state index contributed by atoms with van der Waals surface area (Å²) in [5, 5.41) is 3.02. The molecule has 1 aromatic heterocycles. The van der Waals surface area contributed by atoms with Crippen molar-refractivity contribution in [2.45, 2.75) is 51.6 Å². The highest BCUT2D eigenvalue weighted by atomic mass is 16.2. The zero-order valence-electron chi connectivity index (χ0n) is 15.0. The van der Waals surface area contributed by atoms with Crippen molar-refractivity contribution >= 4 is 11.8 Å². The first kappa shape index (κ1) is 16.6. The maximum atomic E-state index is 13.0. The molecule has 2 amide bonds. The molecule has 0 spiro atoms. The van der Waals surface area contributed by atoms with E-state index in [0.717, 1.165) is 77.1 Å². The van der Waals surface area contributed by atoms with Gasteiger partial charge < -0.3 is 19.7 Å². The van der Waals surface area contributed by atoms with E-state index < -0.39 is 0 Å². The summed E-state index contributed by atoms with van der Waals surface area (Å²) in [6.07, 6.45) is 5.02. The first-order valence-electron chi connectivity index (χ1n) is 9.59. The van der Waals surface area contributed by atoms with Crippen molar-refractivity contribution in [2.24, 2.45) is 0 Å². The number of piperazine rings is 1. The highest BCUT2D eigenvalue weighted by molar-refractivity contribution is 5.97. The van der Waals surface area contributed by atoms with Crippen LogP contribution in [0.3, 0.4) is 0 Å². The van der Waals surface area contributed by atoms with Crippen LogP contribution in [0.2, 0.25) is 0 Å². The predicted molar refractivity (Wildman–Crippen MR) is 93.7 cm³/mol. The number of carbonyl (C=O) groups excluding carboxylic acids is 2. The van der Waals surface area contributed by atoms with E-state index in [-0.39, 0.29) is 11.8 Å². The van der Waals surface area contributed by atoms with Gasteiger partial charge in [0, 0.05) is 38.8 Å². The summed E-state index contributed by atoms with van der Waals surface area (Å²) >= 11 is 0. The standard InChI is InChI=1S/C18H27N5O2/c1-2-21-9-11-22(12-10-21)18(25)16-20-15(17(24)19-13-6-7-13)14-5-3-4-8-23(14)16/h13H,2-12H2,1H3,(H,19,24). The van der Waals surface area contributed by atoms with Crippen molar-refractivity contribution < 1.29 is 9.59 Å². The van der Waals surface area contributed by atoms with Gasteiger partial charge in [0.1, 0.15) is 5.69 Å².